The summed E-state index contributed by atoms with van der Waals surface area (Å²) in [6, 6.07) is 14.3. The lowest BCUT2D eigenvalue weighted by Gasteiger charge is -2.25. The number of methoxy groups -OCH3 is 1. The summed E-state index contributed by atoms with van der Waals surface area (Å²) in [4.78, 5) is 31.7. The number of esters is 1. The zero-order valence-corrected chi connectivity index (χ0v) is 21.0. The molecule has 0 bridgehead atoms. The number of aromatic nitrogens is 1. The molecule has 1 atom stereocenters. The van der Waals surface area contributed by atoms with Gasteiger partial charge in [0, 0.05) is 10.0 Å². The largest absolute Gasteiger partial charge is 0.480 e. The van der Waals surface area contributed by atoms with E-state index in [-0.39, 0.29) is 12.2 Å². The number of nitrogens with zero attached hydrogens (tertiary/aromatic N) is 2. The SMILES string of the molecule is C#CCOc1ccc(Br)cc1/C=c1/sc2n(c1=O)[C@@H](c1ccccc1)C(C(=O)OC)=C(CC)N=2. The number of fused-ring (bicyclic) bond motifs is 1. The summed E-state index contributed by atoms with van der Waals surface area (Å²) in [5.74, 6) is 2.52. The van der Waals surface area contributed by atoms with Gasteiger partial charge in [-0.1, -0.05) is 70.4 Å². The highest BCUT2D eigenvalue weighted by Gasteiger charge is 2.33. The van der Waals surface area contributed by atoms with Gasteiger partial charge < -0.3 is 9.47 Å². The molecule has 3 aromatic rings. The van der Waals surface area contributed by atoms with E-state index in [1.54, 1.807) is 16.7 Å². The molecule has 172 valence electrons. The minimum Gasteiger partial charge on any atom is -0.480 e. The van der Waals surface area contributed by atoms with Crippen molar-refractivity contribution in [1.82, 2.24) is 4.57 Å². The minimum absolute atomic E-state index is 0.111. The molecule has 8 heteroatoms. The van der Waals surface area contributed by atoms with Gasteiger partial charge in [-0.3, -0.25) is 9.36 Å². The smallest absolute Gasteiger partial charge is 0.338 e. The number of thiazole rings is 1. The molecular formula is C26H21BrN2O4S. The lowest BCUT2D eigenvalue weighted by molar-refractivity contribution is -0.136. The lowest BCUT2D eigenvalue weighted by atomic mass is 9.95. The molecule has 0 saturated heterocycles. The number of carbonyl (C=O) groups excluding carboxylic acids is 1. The normalized spacial score (nSPS) is 15.4. The van der Waals surface area contributed by atoms with E-state index < -0.39 is 12.0 Å². The predicted molar refractivity (Wildman–Crippen MR) is 135 cm³/mol. The number of terminal acetylenes is 1. The average Bonchev–Trinajstić information content (AvgIpc) is 3.17. The summed E-state index contributed by atoms with van der Waals surface area (Å²) >= 11 is 4.73. The molecule has 2 heterocycles. The summed E-state index contributed by atoms with van der Waals surface area (Å²) in [7, 11) is 1.33. The van der Waals surface area contributed by atoms with Crippen LogP contribution in [0.1, 0.15) is 30.5 Å². The topological polar surface area (TPSA) is 69.9 Å². The van der Waals surface area contributed by atoms with Crippen LogP contribution in [0.3, 0.4) is 0 Å². The van der Waals surface area contributed by atoms with Crippen molar-refractivity contribution in [2.24, 2.45) is 4.99 Å². The van der Waals surface area contributed by atoms with Crippen molar-refractivity contribution in [2.45, 2.75) is 19.4 Å². The van der Waals surface area contributed by atoms with Gasteiger partial charge in [-0.2, -0.15) is 0 Å². The first-order valence-corrected chi connectivity index (χ1v) is 12.1. The van der Waals surface area contributed by atoms with Crippen molar-refractivity contribution in [1.29, 1.82) is 0 Å². The Labute approximate surface area is 209 Å². The summed E-state index contributed by atoms with van der Waals surface area (Å²) in [6.45, 7) is 2.04. The lowest BCUT2D eigenvalue weighted by Crippen LogP contribution is -2.40. The molecule has 2 aromatic carbocycles. The highest BCUT2D eigenvalue weighted by atomic mass is 79.9. The van der Waals surface area contributed by atoms with E-state index in [0.717, 1.165) is 10.0 Å². The highest BCUT2D eigenvalue weighted by Crippen LogP contribution is 2.31. The van der Waals surface area contributed by atoms with Crippen LogP contribution in [-0.4, -0.2) is 24.3 Å². The fraction of sp³-hybridized carbons (Fsp3) is 0.192. The van der Waals surface area contributed by atoms with Crippen molar-refractivity contribution >= 4 is 39.3 Å². The number of hydrogen-bond donors (Lipinski definition) is 0. The zero-order valence-electron chi connectivity index (χ0n) is 18.6. The molecule has 34 heavy (non-hydrogen) atoms. The molecule has 1 aliphatic heterocycles. The molecule has 0 unspecified atom stereocenters. The van der Waals surface area contributed by atoms with E-state index in [9.17, 15) is 9.59 Å². The van der Waals surface area contributed by atoms with E-state index in [0.29, 0.717) is 38.3 Å². The Balaban J connectivity index is 1.98. The molecule has 0 amide bonds. The first-order valence-electron chi connectivity index (χ1n) is 10.5. The Morgan fingerprint density at radius 2 is 2.06 bits per heavy atom. The van der Waals surface area contributed by atoms with Crippen LogP contribution < -0.4 is 19.6 Å². The number of rotatable bonds is 6. The summed E-state index contributed by atoms with van der Waals surface area (Å²) in [5, 5.41) is 0. The minimum atomic E-state index is -0.637. The van der Waals surface area contributed by atoms with Gasteiger partial charge in [0.25, 0.3) is 5.56 Å². The molecule has 0 N–H and O–H groups in total. The molecule has 0 spiro atoms. The Kier molecular flexibility index (Phi) is 7.15. The van der Waals surface area contributed by atoms with Gasteiger partial charge in [0.2, 0.25) is 0 Å². The van der Waals surface area contributed by atoms with Crippen molar-refractivity contribution in [3.63, 3.8) is 0 Å². The zero-order chi connectivity index (χ0) is 24.2. The number of ether oxygens (including phenoxy) is 2. The molecule has 0 radical (unpaired) electrons. The van der Waals surface area contributed by atoms with Crippen LogP contribution in [0.4, 0.5) is 0 Å². The van der Waals surface area contributed by atoms with Crippen LogP contribution >= 0.6 is 27.3 Å². The van der Waals surface area contributed by atoms with Crippen LogP contribution in [0.5, 0.6) is 5.75 Å². The van der Waals surface area contributed by atoms with Crippen LogP contribution in [-0.2, 0) is 9.53 Å². The Morgan fingerprint density at radius 3 is 2.74 bits per heavy atom. The van der Waals surface area contributed by atoms with E-state index in [4.69, 9.17) is 15.9 Å². The van der Waals surface area contributed by atoms with E-state index in [1.165, 1.54) is 18.4 Å². The first-order chi connectivity index (χ1) is 16.5. The first kappa shape index (κ1) is 23.7. The molecular weight excluding hydrogens is 516 g/mol. The molecule has 4 rings (SSSR count). The van der Waals surface area contributed by atoms with Crippen molar-refractivity contribution in [3.8, 4) is 18.1 Å². The third-order valence-corrected chi connectivity index (χ3v) is 6.81. The molecule has 1 aromatic heterocycles. The van der Waals surface area contributed by atoms with Gasteiger partial charge in [-0.25, -0.2) is 9.79 Å². The van der Waals surface area contributed by atoms with Gasteiger partial charge in [0.05, 0.1) is 29.0 Å². The van der Waals surface area contributed by atoms with Crippen LogP contribution in [0.25, 0.3) is 6.08 Å². The van der Waals surface area contributed by atoms with Crippen molar-refractivity contribution in [2.75, 3.05) is 13.7 Å². The second-order valence-corrected chi connectivity index (χ2v) is 9.30. The fourth-order valence-electron chi connectivity index (χ4n) is 3.84. The molecule has 1 aliphatic rings. The number of carbonyl (C=O) groups is 1. The molecule has 0 aliphatic carbocycles. The van der Waals surface area contributed by atoms with Gasteiger partial charge in [-0.05, 0) is 36.3 Å². The van der Waals surface area contributed by atoms with Crippen LogP contribution in [0, 0.1) is 12.3 Å². The highest BCUT2D eigenvalue weighted by molar-refractivity contribution is 9.10. The Bertz CT molecular complexity index is 1500. The van der Waals surface area contributed by atoms with Crippen molar-refractivity contribution in [3.05, 3.63) is 95.1 Å². The maximum atomic E-state index is 13.7. The third kappa shape index (κ3) is 4.49. The van der Waals surface area contributed by atoms with Crippen LogP contribution in [0.15, 0.2) is 74.1 Å². The van der Waals surface area contributed by atoms with Crippen molar-refractivity contribution < 1.29 is 14.3 Å². The maximum absolute atomic E-state index is 13.7. The quantitative estimate of drug-likeness (QED) is 0.356. The molecule has 6 nitrogen and oxygen atoms in total. The standard InChI is InChI=1S/C26H21BrN2O4S/c1-4-13-33-20-12-11-18(27)14-17(20)15-21-24(30)29-23(16-9-7-6-8-10-16)22(25(31)32-3)19(5-2)28-26(29)34-21/h1,6-12,14-15,23H,5,13H2,2-3H3/b21-15+/t23-/m0/s1. The molecule has 0 fully saturated rings. The average molecular weight is 537 g/mol. The monoisotopic (exact) mass is 536 g/mol. The summed E-state index contributed by atoms with van der Waals surface area (Å²) < 4.78 is 13.6. The molecule has 0 saturated carbocycles. The van der Waals surface area contributed by atoms with Gasteiger partial charge in [0.15, 0.2) is 4.80 Å². The summed E-state index contributed by atoms with van der Waals surface area (Å²) in [6.07, 6.45) is 7.63. The maximum Gasteiger partial charge on any atom is 0.338 e. The van der Waals surface area contributed by atoms with Gasteiger partial charge in [-0.15, -0.1) is 6.42 Å². The second-order valence-electron chi connectivity index (χ2n) is 7.37. The number of halogens is 1. The number of benzene rings is 2. The van der Waals surface area contributed by atoms with E-state index in [1.807, 2.05) is 49.4 Å². The Morgan fingerprint density at radius 1 is 1.29 bits per heavy atom. The van der Waals surface area contributed by atoms with E-state index >= 15 is 0 Å². The van der Waals surface area contributed by atoms with Gasteiger partial charge in [0.1, 0.15) is 12.4 Å². The number of allylic oxidation sites excluding steroid dienone is 1. The fourth-order valence-corrected chi connectivity index (χ4v) is 5.23. The predicted octanol–water partition coefficient (Wildman–Crippen LogP) is 3.57. The van der Waals surface area contributed by atoms with E-state index in [2.05, 4.69) is 26.8 Å². The number of hydrogen-bond acceptors (Lipinski definition) is 6. The third-order valence-electron chi connectivity index (χ3n) is 5.33. The second kappa shape index (κ2) is 10.2. The van der Waals surface area contributed by atoms with Gasteiger partial charge >= 0.3 is 5.97 Å². The summed E-state index contributed by atoms with van der Waals surface area (Å²) in [5.41, 5.74) is 2.23. The van der Waals surface area contributed by atoms with Crippen LogP contribution in [0.2, 0.25) is 0 Å². The Hall–Kier alpha value is -3.41.